The molecule has 11 heteroatoms. The van der Waals surface area contributed by atoms with Crippen LogP contribution in [0.25, 0.3) is 5.78 Å². The number of amides is 1. The molecule has 0 bridgehead atoms. The van der Waals surface area contributed by atoms with Gasteiger partial charge in [0.15, 0.2) is 0 Å². The average molecular weight is 570 g/mol. The molecule has 1 N–H and O–H groups in total. The van der Waals surface area contributed by atoms with Crippen LogP contribution in [0.2, 0.25) is 5.02 Å². The van der Waals surface area contributed by atoms with Gasteiger partial charge in [-0.2, -0.15) is 13.2 Å². The van der Waals surface area contributed by atoms with Gasteiger partial charge >= 0.3 is 6.18 Å². The molecule has 2 aromatic carbocycles. The Morgan fingerprint density at radius 3 is 2.48 bits per heavy atom. The number of benzene rings is 2. The Morgan fingerprint density at radius 2 is 1.82 bits per heavy atom. The minimum Gasteiger partial charge on any atom is -0.490 e. The maximum absolute atomic E-state index is 13.0. The number of anilines is 1. The minimum absolute atomic E-state index is 0.0258. The topological polar surface area (TPSA) is 71.8 Å². The number of imidazole rings is 1. The van der Waals surface area contributed by atoms with E-state index in [1.165, 1.54) is 18.3 Å². The van der Waals surface area contributed by atoms with Crippen LogP contribution in [0.4, 0.5) is 18.9 Å². The molecule has 4 aromatic rings. The number of halogens is 4. The van der Waals surface area contributed by atoms with Gasteiger partial charge < -0.3 is 15.0 Å². The molecule has 40 heavy (non-hydrogen) atoms. The molecule has 2 aromatic heterocycles. The quantitative estimate of drug-likeness (QED) is 0.298. The van der Waals surface area contributed by atoms with Crippen LogP contribution in [0.15, 0.2) is 60.9 Å². The van der Waals surface area contributed by atoms with E-state index in [0.717, 1.165) is 49.3 Å². The highest BCUT2D eigenvalue weighted by atomic mass is 35.5. The second-order valence-electron chi connectivity index (χ2n) is 10.6. The van der Waals surface area contributed by atoms with E-state index in [0.29, 0.717) is 40.9 Å². The lowest BCUT2D eigenvalue weighted by Gasteiger charge is -2.59. The summed E-state index contributed by atoms with van der Waals surface area (Å²) >= 11 is 6.08. The van der Waals surface area contributed by atoms with Gasteiger partial charge in [0, 0.05) is 36.9 Å². The van der Waals surface area contributed by atoms with Gasteiger partial charge in [-0.05, 0) is 61.2 Å². The number of hydrogen-bond acceptors (Lipinski definition) is 5. The largest absolute Gasteiger partial charge is 0.490 e. The summed E-state index contributed by atoms with van der Waals surface area (Å²) in [6.45, 7) is 4.15. The Kier molecular flexibility index (Phi) is 6.60. The number of ether oxygens (including phenoxy) is 1. The number of hydrogen-bond donors (Lipinski definition) is 1. The Bertz CT molecular complexity index is 1540. The predicted molar refractivity (Wildman–Crippen MR) is 145 cm³/mol. The second kappa shape index (κ2) is 9.99. The number of fused-ring (bicyclic) bond motifs is 1. The number of aryl methyl sites for hydroxylation is 1. The molecule has 1 saturated heterocycles. The highest BCUT2D eigenvalue weighted by Crippen LogP contribution is 2.51. The SMILES string of the molecule is CCc1nc2ncc(Cl)cn2c1C(=O)NCc1ccc(N2CC3(CC(Oc4ccc(C(F)(F)F)cc4)C3)C2)cc1. The van der Waals surface area contributed by atoms with Crippen molar-refractivity contribution in [3.63, 3.8) is 0 Å². The lowest BCUT2D eigenvalue weighted by molar-refractivity contribution is -0.137. The van der Waals surface area contributed by atoms with E-state index >= 15 is 0 Å². The number of nitrogens with zero attached hydrogens (tertiary/aromatic N) is 4. The van der Waals surface area contributed by atoms with E-state index in [4.69, 9.17) is 16.3 Å². The van der Waals surface area contributed by atoms with Crippen molar-refractivity contribution in [1.82, 2.24) is 19.7 Å². The Morgan fingerprint density at radius 1 is 1.12 bits per heavy atom. The van der Waals surface area contributed by atoms with Crippen LogP contribution in [0, 0.1) is 5.41 Å². The molecule has 208 valence electrons. The molecule has 7 nitrogen and oxygen atoms in total. The maximum atomic E-state index is 13.0. The van der Waals surface area contributed by atoms with Crippen LogP contribution in [-0.4, -0.2) is 39.5 Å². The first kappa shape index (κ1) is 26.4. The molecule has 0 unspecified atom stereocenters. The van der Waals surface area contributed by atoms with Gasteiger partial charge in [-0.15, -0.1) is 0 Å². The zero-order chi connectivity index (χ0) is 28.1. The molecule has 1 spiro atoms. The van der Waals surface area contributed by atoms with Gasteiger partial charge in [0.1, 0.15) is 17.5 Å². The van der Waals surface area contributed by atoms with E-state index in [1.54, 1.807) is 10.6 Å². The van der Waals surface area contributed by atoms with Gasteiger partial charge in [0.2, 0.25) is 5.78 Å². The van der Waals surface area contributed by atoms with Gasteiger partial charge in [0.25, 0.3) is 5.91 Å². The summed E-state index contributed by atoms with van der Waals surface area (Å²) < 4.78 is 45.8. The average Bonchev–Trinajstić information content (AvgIpc) is 3.26. The normalized spacial score (nSPS) is 16.6. The lowest BCUT2D eigenvalue weighted by atomic mass is 9.61. The fourth-order valence-corrected chi connectivity index (χ4v) is 5.79. The summed E-state index contributed by atoms with van der Waals surface area (Å²) in [6, 6.07) is 13.0. The molecular formula is C29H27ClF3N5O2. The predicted octanol–water partition coefficient (Wildman–Crippen LogP) is 5.94. The van der Waals surface area contributed by atoms with Gasteiger partial charge in [-0.3, -0.25) is 9.20 Å². The van der Waals surface area contributed by atoms with E-state index in [9.17, 15) is 18.0 Å². The van der Waals surface area contributed by atoms with Crippen molar-refractivity contribution in [3.8, 4) is 5.75 Å². The zero-order valence-corrected chi connectivity index (χ0v) is 22.5. The van der Waals surface area contributed by atoms with Crippen molar-refractivity contribution < 1.29 is 22.7 Å². The first-order valence-electron chi connectivity index (χ1n) is 13.1. The summed E-state index contributed by atoms with van der Waals surface area (Å²) in [7, 11) is 0. The first-order valence-corrected chi connectivity index (χ1v) is 13.5. The third-order valence-corrected chi connectivity index (χ3v) is 7.88. The zero-order valence-electron chi connectivity index (χ0n) is 21.7. The van der Waals surface area contributed by atoms with Gasteiger partial charge in [-0.1, -0.05) is 30.7 Å². The van der Waals surface area contributed by atoms with E-state index in [1.807, 2.05) is 19.1 Å². The highest BCUT2D eigenvalue weighted by Gasteiger charge is 2.53. The molecule has 2 fully saturated rings. The first-order chi connectivity index (χ1) is 19.1. The summed E-state index contributed by atoms with van der Waals surface area (Å²) in [5, 5.41) is 3.40. The Hall–Kier alpha value is -3.79. The summed E-state index contributed by atoms with van der Waals surface area (Å²) in [5.41, 5.74) is 2.72. The van der Waals surface area contributed by atoms with Crippen molar-refractivity contribution in [2.24, 2.45) is 5.41 Å². The molecule has 1 saturated carbocycles. The van der Waals surface area contributed by atoms with Crippen LogP contribution in [-0.2, 0) is 19.1 Å². The fraction of sp³-hybridized carbons (Fsp3) is 0.345. The number of aromatic nitrogens is 3. The smallest absolute Gasteiger partial charge is 0.416 e. The molecule has 1 amide bonds. The lowest BCUT2D eigenvalue weighted by Crippen LogP contribution is -2.64. The van der Waals surface area contributed by atoms with Crippen LogP contribution < -0.4 is 15.0 Å². The van der Waals surface area contributed by atoms with E-state index in [-0.39, 0.29) is 17.4 Å². The van der Waals surface area contributed by atoms with Gasteiger partial charge in [-0.25, -0.2) is 9.97 Å². The molecule has 1 aliphatic heterocycles. The van der Waals surface area contributed by atoms with Crippen molar-refractivity contribution in [1.29, 1.82) is 0 Å². The van der Waals surface area contributed by atoms with E-state index in [2.05, 4.69) is 32.3 Å². The van der Waals surface area contributed by atoms with Crippen LogP contribution >= 0.6 is 11.6 Å². The molecule has 0 atom stereocenters. The van der Waals surface area contributed by atoms with Crippen LogP contribution in [0.5, 0.6) is 5.75 Å². The third kappa shape index (κ3) is 5.08. The van der Waals surface area contributed by atoms with Crippen molar-refractivity contribution in [2.75, 3.05) is 18.0 Å². The van der Waals surface area contributed by atoms with Crippen molar-refractivity contribution >= 4 is 29.0 Å². The molecule has 6 rings (SSSR count). The highest BCUT2D eigenvalue weighted by molar-refractivity contribution is 6.30. The number of carbonyl (C=O) groups is 1. The van der Waals surface area contributed by atoms with Crippen molar-refractivity contribution in [2.45, 2.75) is 45.0 Å². The Balaban J connectivity index is 0.992. The number of carbonyl (C=O) groups excluding carboxylic acids is 1. The third-order valence-electron chi connectivity index (χ3n) is 7.68. The molecule has 0 radical (unpaired) electrons. The molecule has 1 aliphatic carbocycles. The van der Waals surface area contributed by atoms with Crippen LogP contribution in [0.3, 0.4) is 0 Å². The van der Waals surface area contributed by atoms with Gasteiger partial charge in [0.05, 0.1) is 22.5 Å². The molecule has 2 aliphatic rings. The summed E-state index contributed by atoms with van der Waals surface area (Å²) in [6.07, 6.45) is 1.20. The summed E-state index contributed by atoms with van der Waals surface area (Å²) in [4.78, 5) is 24.0. The monoisotopic (exact) mass is 569 g/mol. The van der Waals surface area contributed by atoms with E-state index < -0.39 is 11.7 Å². The molecule has 3 heterocycles. The fourth-order valence-electron chi connectivity index (χ4n) is 5.64. The number of nitrogens with one attached hydrogen (secondary N) is 1. The van der Waals surface area contributed by atoms with Crippen molar-refractivity contribution in [3.05, 3.63) is 88.5 Å². The number of rotatable bonds is 7. The standard InChI is InChI=1S/C29H27ClF3N5O2/c1-2-24-25(38-15-20(30)14-35-27(38)36-24)26(39)34-13-18-3-7-21(8-4-18)37-16-28(17-37)11-23(12-28)40-22-9-5-19(6-10-22)29(31,32)33/h3-10,14-15,23H,2,11-13,16-17H2,1H3,(H,34,39). The number of alkyl halides is 3. The Labute approximate surface area is 233 Å². The minimum atomic E-state index is -4.34. The molecular weight excluding hydrogens is 543 g/mol. The second-order valence-corrected chi connectivity index (χ2v) is 11.0. The maximum Gasteiger partial charge on any atom is 0.416 e. The van der Waals surface area contributed by atoms with Crippen LogP contribution in [0.1, 0.15) is 47.1 Å². The summed E-state index contributed by atoms with van der Waals surface area (Å²) in [5.74, 6) is 0.673.